The zero-order chi connectivity index (χ0) is 17.3. The molecule has 1 aliphatic heterocycles. The number of aromatic amines is 1. The lowest BCUT2D eigenvalue weighted by Gasteiger charge is -2.33. The van der Waals surface area contributed by atoms with Gasteiger partial charge in [0.2, 0.25) is 0 Å². The molecule has 3 rings (SSSR count). The quantitative estimate of drug-likeness (QED) is 0.930. The Balaban J connectivity index is 1.84. The van der Waals surface area contributed by atoms with Gasteiger partial charge in [0, 0.05) is 36.1 Å². The number of morpholine rings is 1. The average Bonchev–Trinajstić information content (AvgIpc) is 2.54. The molecule has 24 heavy (non-hydrogen) atoms. The fourth-order valence-electron chi connectivity index (χ4n) is 2.76. The molecule has 1 N–H and O–H groups in total. The highest BCUT2D eigenvalue weighted by atomic mass is 19.4. The molecule has 1 unspecified atom stereocenters. The number of hydrogen-bond donors (Lipinski definition) is 1. The number of ether oxygens (including phenoxy) is 2. The number of halogens is 3. The molecule has 5 nitrogen and oxygen atoms in total. The number of fused-ring (bicyclic) bond motifs is 1. The van der Waals surface area contributed by atoms with E-state index in [2.05, 4.69) is 4.98 Å². The largest absolute Gasteiger partial charge is 0.497 e. The fraction of sp³-hybridized carbons (Fsp3) is 0.438. The first-order valence-corrected chi connectivity index (χ1v) is 7.47. The molecule has 0 radical (unpaired) electrons. The van der Waals surface area contributed by atoms with Gasteiger partial charge in [0.15, 0.2) is 6.10 Å². The van der Waals surface area contributed by atoms with Crippen molar-refractivity contribution in [3.63, 3.8) is 0 Å². The number of benzene rings is 1. The van der Waals surface area contributed by atoms with E-state index in [1.54, 1.807) is 36.3 Å². The zero-order valence-corrected chi connectivity index (χ0v) is 13.0. The number of rotatable bonds is 3. The maximum atomic E-state index is 12.8. The van der Waals surface area contributed by atoms with Crippen LogP contribution in [0.4, 0.5) is 13.2 Å². The third-order valence-electron chi connectivity index (χ3n) is 4.04. The molecule has 0 bridgehead atoms. The summed E-state index contributed by atoms with van der Waals surface area (Å²) in [5, 5.41) is 0.768. The summed E-state index contributed by atoms with van der Waals surface area (Å²) in [7, 11) is 1.54. The summed E-state index contributed by atoms with van der Waals surface area (Å²) < 4.78 is 48.3. The molecule has 0 aliphatic carbocycles. The van der Waals surface area contributed by atoms with Crippen LogP contribution in [0.25, 0.3) is 10.9 Å². The average molecular weight is 342 g/mol. The number of methoxy groups -OCH3 is 1. The van der Waals surface area contributed by atoms with Crippen molar-refractivity contribution in [1.82, 2.24) is 9.88 Å². The van der Waals surface area contributed by atoms with Crippen LogP contribution in [-0.2, 0) is 11.3 Å². The summed E-state index contributed by atoms with van der Waals surface area (Å²) >= 11 is 0. The lowest BCUT2D eigenvalue weighted by molar-refractivity contribution is -0.237. The van der Waals surface area contributed by atoms with E-state index in [-0.39, 0.29) is 25.3 Å². The Bertz CT molecular complexity index is 788. The van der Waals surface area contributed by atoms with Crippen LogP contribution in [0.2, 0.25) is 0 Å². The van der Waals surface area contributed by atoms with E-state index in [1.165, 1.54) is 0 Å². The summed E-state index contributed by atoms with van der Waals surface area (Å²) in [5.74, 6) is 0.643. The second-order valence-electron chi connectivity index (χ2n) is 5.71. The van der Waals surface area contributed by atoms with Crippen molar-refractivity contribution in [2.45, 2.75) is 18.8 Å². The number of alkyl halides is 3. The minimum absolute atomic E-state index is 0.0104. The van der Waals surface area contributed by atoms with Gasteiger partial charge in [0.1, 0.15) is 5.75 Å². The molecular formula is C16H17F3N2O3. The first-order valence-electron chi connectivity index (χ1n) is 7.47. The third kappa shape index (κ3) is 3.54. The standard InChI is InChI=1S/C16H17F3N2O3/c1-23-12-2-3-13-10(7-12)6-11(15(22)20-13)8-21-4-5-24-14(9-21)16(17,18)19/h2-3,6-7,14H,4-5,8-9H2,1H3,(H,20,22). The first-order chi connectivity index (χ1) is 11.4. The van der Waals surface area contributed by atoms with Crippen LogP contribution in [0.3, 0.4) is 0 Å². The molecule has 2 aromatic rings. The lowest BCUT2D eigenvalue weighted by Crippen LogP contribution is -2.49. The van der Waals surface area contributed by atoms with Crippen LogP contribution < -0.4 is 10.3 Å². The molecule has 1 aromatic carbocycles. The van der Waals surface area contributed by atoms with Crippen molar-refractivity contribution in [1.29, 1.82) is 0 Å². The topological polar surface area (TPSA) is 54.6 Å². The summed E-state index contributed by atoms with van der Waals surface area (Å²) in [6.45, 7) is 0.198. The number of hydrogen-bond acceptors (Lipinski definition) is 4. The SMILES string of the molecule is COc1ccc2[nH]c(=O)c(CN3CCOC(C(F)(F)F)C3)cc2c1. The Hall–Kier alpha value is -2.06. The minimum Gasteiger partial charge on any atom is -0.497 e. The number of H-pyrrole nitrogens is 1. The first kappa shape index (κ1) is 16.8. The van der Waals surface area contributed by atoms with Crippen LogP contribution in [-0.4, -0.2) is 49.0 Å². The number of nitrogens with one attached hydrogen (secondary N) is 1. The van der Waals surface area contributed by atoms with Gasteiger partial charge in [-0.1, -0.05) is 0 Å². The highest BCUT2D eigenvalue weighted by molar-refractivity contribution is 5.80. The van der Waals surface area contributed by atoms with Crippen molar-refractivity contribution in [3.05, 3.63) is 40.2 Å². The second kappa shape index (κ2) is 6.45. The van der Waals surface area contributed by atoms with Crippen molar-refractivity contribution < 1.29 is 22.6 Å². The van der Waals surface area contributed by atoms with E-state index in [1.807, 2.05) is 0 Å². The van der Waals surface area contributed by atoms with Crippen molar-refractivity contribution in [3.8, 4) is 5.75 Å². The molecule has 0 saturated carbocycles. The Morgan fingerprint density at radius 1 is 1.38 bits per heavy atom. The molecule has 1 fully saturated rings. The predicted molar refractivity (Wildman–Crippen MR) is 82.2 cm³/mol. The van der Waals surface area contributed by atoms with Crippen LogP contribution in [0, 0.1) is 0 Å². The third-order valence-corrected chi connectivity index (χ3v) is 4.04. The minimum atomic E-state index is -4.40. The van der Waals surface area contributed by atoms with Crippen LogP contribution in [0.5, 0.6) is 5.75 Å². The molecule has 1 aromatic heterocycles. The summed E-state index contributed by atoms with van der Waals surface area (Å²) in [6, 6.07) is 6.92. The van der Waals surface area contributed by atoms with Crippen molar-refractivity contribution >= 4 is 10.9 Å². The van der Waals surface area contributed by atoms with E-state index in [4.69, 9.17) is 9.47 Å². The second-order valence-corrected chi connectivity index (χ2v) is 5.71. The number of pyridine rings is 1. The monoisotopic (exact) mass is 342 g/mol. The molecule has 1 aliphatic rings. The molecular weight excluding hydrogens is 325 g/mol. The lowest BCUT2D eigenvalue weighted by atomic mass is 10.1. The van der Waals surface area contributed by atoms with Crippen molar-refractivity contribution in [2.24, 2.45) is 0 Å². The number of nitrogens with zero attached hydrogens (tertiary/aromatic N) is 1. The van der Waals surface area contributed by atoms with Gasteiger partial charge in [0.05, 0.1) is 13.7 Å². The van der Waals surface area contributed by atoms with Crippen LogP contribution in [0.15, 0.2) is 29.1 Å². The van der Waals surface area contributed by atoms with Gasteiger partial charge in [-0.25, -0.2) is 0 Å². The van der Waals surface area contributed by atoms with Gasteiger partial charge < -0.3 is 14.5 Å². The molecule has 0 spiro atoms. The van der Waals surface area contributed by atoms with E-state index >= 15 is 0 Å². The summed E-state index contributed by atoms with van der Waals surface area (Å²) in [6.07, 6.45) is -6.21. The smallest absolute Gasteiger partial charge is 0.415 e. The normalized spacial score (nSPS) is 19.6. The molecule has 1 saturated heterocycles. The highest BCUT2D eigenvalue weighted by Gasteiger charge is 2.43. The maximum Gasteiger partial charge on any atom is 0.415 e. The molecule has 130 valence electrons. The Labute approximate surface area is 136 Å². The molecule has 1 atom stereocenters. The van der Waals surface area contributed by atoms with Gasteiger partial charge >= 0.3 is 6.18 Å². The van der Waals surface area contributed by atoms with Crippen LogP contribution >= 0.6 is 0 Å². The molecule has 8 heteroatoms. The summed E-state index contributed by atoms with van der Waals surface area (Å²) in [4.78, 5) is 16.5. The van der Waals surface area contributed by atoms with E-state index < -0.39 is 12.3 Å². The molecule has 0 amide bonds. The van der Waals surface area contributed by atoms with Gasteiger partial charge in [-0.2, -0.15) is 13.2 Å². The van der Waals surface area contributed by atoms with Gasteiger partial charge in [-0.05, 0) is 24.3 Å². The maximum absolute atomic E-state index is 12.8. The molecule has 2 heterocycles. The Morgan fingerprint density at radius 3 is 2.88 bits per heavy atom. The number of aromatic nitrogens is 1. The van der Waals surface area contributed by atoms with Gasteiger partial charge in [-0.3, -0.25) is 9.69 Å². The zero-order valence-electron chi connectivity index (χ0n) is 13.0. The summed E-state index contributed by atoms with van der Waals surface area (Å²) in [5.41, 5.74) is 0.765. The van der Waals surface area contributed by atoms with Gasteiger partial charge in [-0.15, -0.1) is 0 Å². The Morgan fingerprint density at radius 2 is 2.17 bits per heavy atom. The van der Waals surface area contributed by atoms with Crippen LogP contribution in [0.1, 0.15) is 5.56 Å². The van der Waals surface area contributed by atoms with Crippen molar-refractivity contribution in [2.75, 3.05) is 26.8 Å². The van der Waals surface area contributed by atoms with E-state index in [0.717, 1.165) is 5.39 Å². The fourth-order valence-corrected chi connectivity index (χ4v) is 2.76. The predicted octanol–water partition coefficient (Wildman–Crippen LogP) is 2.30. The van der Waals surface area contributed by atoms with E-state index in [0.29, 0.717) is 23.4 Å². The highest BCUT2D eigenvalue weighted by Crippen LogP contribution is 2.26. The van der Waals surface area contributed by atoms with Gasteiger partial charge in [0.25, 0.3) is 5.56 Å². The Kier molecular flexibility index (Phi) is 4.51. The van der Waals surface area contributed by atoms with E-state index in [9.17, 15) is 18.0 Å².